The summed E-state index contributed by atoms with van der Waals surface area (Å²) in [7, 11) is -4.03. The van der Waals surface area contributed by atoms with Gasteiger partial charge in [0, 0.05) is 13.1 Å². The lowest BCUT2D eigenvalue weighted by molar-refractivity contribution is -0.147. The summed E-state index contributed by atoms with van der Waals surface area (Å²) in [6, 6.07) is 21.0. The molecular weight excluding hydrogens is 586 g/mol. The summed E-state index contributed by atoms with van der Waals surface area (Å²) in [6.45, 7) is 7.03. The van der Waals surface area contributed by atoms with Crippen LogP contribution in [0.1, 0.15) is 37.5 Å². The molecule has 0 aliphatic carbocycles. The van der Waals surface area contributed by atoms with Crippen molar-refractivity contribution in [2.45, 2.75) is 57.3 Å². The Morgan fingerprint density at radius 1 is 0.818 bits per heavy atom. The molecule has 3 rings (SSSR count). The summed E-state index contributed by atoms with van der Waals surface area (Å²) >= 11 is 0. The van der Waals surface area contributed by atoms with Crippen molar-refractivity contribution in [3.63, 3.8) is 0 Å². The van der Waals surface area contributed by atoms with Crippen LogP contribution in [0.15, 0.2) is 83.8 Å². The Labute approximate surface area is 258 Å². The van der Waals surface area contributed by atoms with Crippen LogP contribution in [0.5, 0.6) is 5.75 Å². The Morgan fingerprint density at radius 2 is 1.45 bits per heavy atom. The number of hydrogen-bond acceptors (Lipinski definition) is 8. The average molecular weight is 626 g/mol. The standard InChI is InChI=1S/C32H39N3O8S/c1-23-10-16-27(17-11-23)44(39,40)35-28(30(37)33-18-19-34-31(38)43-32(2,3)4)20-24-12-14-26(15-13-24)41-22-29(36)42-21-25-8-6-5-7-9-25/h5-17,28,35H,18-22H2,1-4H3,(H,33,37)(H,34,38). The highest BCUT2D eigenvalue weighted by molar-refractivity contribution is 7.89. The summed E-state index contributed by atoms with van der Waals surface area (Å²) in [5.41, 5.74) is 1.73. The van der Waals surface area contributed by atoms with Crippen molar-refractivity contribution < 1.29 is 37.0 Å². The van der Waals surface area contributed by atoms with Crippen molar-refractivity contribution in [1.29, 1.82) is 0 Å². The minimum atomic E-state index is -4.03. The van der Waals surface area contributed by atoms with Gasteiger partial charge in [0.05, 0.1) is 4.90 Å². The monoisotopic (exact) mass is 625 g/mol. The van der Waals surface area contributed by atoms with Gasteiger partial charge in [-0.3, -0.25) is 4.79 Å². The molecule has 0 aromatic heterocycles. The quantitative estimate of drug-likeness (QED) is 0.182. The predicted molar refractivity (Wildman–Crippen MR) is 164 cm³/mol. The fraction of sp³-hybridized carbons (Fsp3) is 0.344. The summed E-state index contributed by atoms with van der Waals surface area (Å²) in [6.07, 6.45) is -0.606. The van der Waals surface area contributed by atoms with Crippen molar-refractivity contribution in [1.82, 2.24) is 15.4 Å². The van der Waals surface area contributed by atoms with Gasteiger partial charge in [-0.1, -0.05) is 60.2 Å². The molecule has 12 heteroatoms. The Balaban J connectivity index is 1.60. The highest BCUT2D eigenvalue weighted by atomic mass is 32.2. The molecule has 44 heavy (non-hydrogen) atoms. The number of amides is 2. The molecule has 0 aliphatic rings. The molecule has 0 radical (unpaired) electrons. The number of carbonyl (C=O) groups excluding carboxylic acids is 3. The van der Waals surface area contributed by atoms with Crippen LogP contribution in [0, 0.1) is 6.92 Å². The van der Waals surface area contributed by atoms with Crippen molar-refractivity contribution in [2.75, 3.05) is 19.7 Å². The molecule has 3 aromatic rings. The van der Waals surface area contributed by atoms with Gasteiger partial charge in [-0.15, -0.1) is 0 Å². The Bertz CT molecular complexity index is 1490. The molecule has 11 nitrogen and oxygen atoms in total. The van der Waals surface area contributed by atoms with E-state index in [2.05, 4.69) is 15.4 Å². The fourth-order valence-electron chi connectivity index (χ4n) is 3.83. The summed E-state index contributed by atoms with van der Waals surface area (Å²) in [5, 5.41) is 5.20. The van der Waals surface area contributed by atoms with Crippen LogP contribution in [0.2, 0.25) is 0 Å². The smallest absolute Gasteiger partial charge is 0.407 e. The van der Waals surface area contributed by atoms with E-state index >= 15 is 0 Å². The molecule has 3 aromatic carbocycles. The van der Waals surface area contributed by atoms with Crippen molar-refractivity contribution in [2.24, 2.45) is 0 Å². The zero-order chi connectivity index (χ0) is 32.2. The summed E-state index contributed by atoms with van der Waals surface area (Å²) < 4.78 is 44.6. The Morgan fingerprint density at radius 3 is 2.09 bits per heavy atom. The number of ether oxygens (including phenoxy) is 3. The Hall–Kier alpha value is -4.42. The van der Waals surface area contributed by atoms with E-state index in [1.807, 2.05) is 37.3 Å². The van der Waals surface area contributed by atoms with Crippen LogP contribution >= 0.6 is 0 Å². The van der Waals surface area contributed by atoms with Crippen molar-refractivity contribution >= 4 is 28.0 Å². The van der Waals surface area contributed by atoms with E-state index in [-0.39, 0.29) is 37.6 Å². The molecule has 0 heterocycles. The van der Waals surface area contributed by atoms with Crippen LogP contribution in [0.25, 0.3) is 0 Å². The minimum absolute atomic E-state index is 0.0235. The molecule has 0 saturated heterocycles. The van der Waals surface area contributed by atoms with Crippen LogP contribution in [0.4, 0.5) is 4.79 Å². The Kier molecular flexibility index (Phi) is 12.3. The van der Waals surface area contributed by atoms with Gasteiger partial charge in [-0.2, -0.15) is 4.72 Å². The molecular formula is C32H39N3O8S. The van der Waals surface area contributed by atoms with Crippen molar-refractivity contribution in [3.05, 3.63) is 95.6 Å². The molecule has 3 N–H and O–H groups in total. The number of sulfonamides is 1. The highest BCUT2D eigenvalue weighted by Crippen LogP contribution is 2.16. The SMILES string of the molecule is Cc1ccc(S(=O)(=O)NC(Cc2ccc(OCC(=O)OCc3ccccc3)cc2)C(=O)NCCNC(=O)OC(C)(C)C)cc1. The molecule has 0 spiro atoms. The van der Waals surface area contributed by atoms with E-state index < -0.39 is 39.6 Å². The van der Waals surface area contributed by atoms with Gasteiger partial charge in [0.2, 0.25) is 15.9 Å². The first-order valence-corrected chi connectivity index (χ1v) is 15.5. The van der Waals surface area contributed by atoms with Crippen molar-refractivity contribution in [3.8, 4) is 5.75 Å². The van der Waals surface area contributed by atoms with E-state index in [1.165, 1.54) is 12.1 Å². The summed E-state index contributed by atoms with van der Waals surface area (Å²) in [4.78, 5) is 37.1. The van der Waals surface area contributed by atoms with Gasteiger partial charge in [0.1, 0.15) is 24.0 Å². The lowest BCUT2D eigenvalue weighted by Gasteiger charge is -2.21. The summed E-state index contributed by atoms with van der Waals surface area (Å²) in [5.74, 6) is -0.700. The van der Waals surface area contributed by atoms with Gasteiger partial charge in [-0.05, 0) is 69.5 Å². The number of alkyl carbamates (subject to hydrolysis) is 1. The van der Waals surface area contributed by atoms with Crippen LogP contribution in [-0.2, 0) is 42.1 Å². The number of rotatable bonds is 14. The largest absolute Gasteiger partial charge is 0.482 e. The van der Waals surface area contributed by atoms with Gasteiger partial charge < -0.3 is 24.8 Å². The third-order valence-corrected chi connectivity index (χ3v) is 7.49. The maximum Gasteiger partial charge on any atom is 0.407 e. The van der Waals surface area contributed by atoms with Gasteiger partial charge in [0.25, 0.3) is 0 Å². The minimum Gasteiger partial charge on any atom is -0.482 e. The highest BCUT2D eigenvalue weighted by Gasteiger charge is 2.26. The average Bonchev–Trinajstić information content (AvgIpc) is 2.97. The third kappa shape index (κ3) is 12.1. The first-order valence-electron chi connectivity index (χ1n) is 14.1. The lowest BCUT2D eigenvalue weighted by atomic mass is 10.1. The van der Waals surface area contributed by atoms with E-state index in [0.29, 0.717) is 11.3 Å². The molecule has 236 valence electrons. The number of benzene rings is 3. The van der Waals surface area contributed by atoms with E-state index in [9.17, 15) is 22.8 Å². The zero-order valence-corrected chi connectivity index (χ0v) is 26.1. The maximum atomic E-state index is 13.1. The number of hydrogen-bond donors (Lipinski definition) is 3. The second kappa shape index (κ2) is 15.9. The number of esters is 1. The fourth-order valence-corrected chi connectivity index (χ4v) is 5.02. The van der Waals surface area contributed by atoms with Gasteiger partial charge >= 0.3 is 12.1 Å². The number of carbonyl (C=O) groups is 3. The predicted octanol–water partition coefficient (Wildman–Crippen LogP) is 3.65. The van der Waals surface area contributed by atoms with E-state index in [4.69, 9.17) is 14.2 Å². The topological polar surface area (TPSA) is 149 Å². The lowest BCUT2D eigenvalue weighted by Crippen LogP contribution is -2.49. The van der Waals surface area contributed by atoms with Crippen LogP contribution < -0.4 is 20.1 Å². The molecule has 0 bridgehead atoms. The second-order valence-electron chi connectivity index (χ2n) is 11.0. The molecule has 1 unspecified atom stereocenters. The van der Waals surface area contributed by atoms with Gasteiger partial charge in [0.15, 0.2) is 6.61 Å². The molecule has 0 saturated carbocycles. The second-order valence-corrected chi connectivity index (χ2v) is 12.7. The molecule has 2 amide bonds. The number of aryl methyl sites for hydroxylation is 1. The normalized spacial score (nSPS) is 12.1. The number of nitrogens with one attached hydrogen (secondary N) is 3. The first-order chi connectivity index (χ1) is 20.8. The van der Waals surface area contributed by atoms with Crippen LogP contribution in [0.3, 0.4) is 0 Å². The third-order valence-electron chi connectivity index (χ3n) is 6.00. The molecule has 0 fully saturated rings. The van der Waals surface area contributed by atoms with Crippen LogP contribution in [-0.4, -0.2) is 57.7 Å². The maximum absolute atomic E-state index is 13.1. The van der Waals surface area contributed by atoms with E-state index in [1.54, 1.807) is 57.2 Å². The first kappa shape index (κ1) is 34.1. The molecule has 1 atom stereocenters. The van der Waals surface area contributed by atoms with E-state index in [0.717, 1.165) is 11.1 Å². The van der Waals surface area contributed by atoms with Gasteiger partial charge in [-0.25, -0.2) is 18.0 Å². The molecule has 0 aliphatic heterocycles. The zero-order valence-electron chi connectivity index (χ0n) is 25.3.